The molecule has 0 aliphatic heterocycles. The van der Waals surface area contributed by atoms with Crippen molar-refractivity contribution >= 4 is 23.2 Å². The third kappa shape index (κ3) is 4.65. The summed E-state index contributed by atoms with van der Waals surface area (Å²) >= 11 is 0. The summed E-state index contributed by atoms with van der Waals surface area (Å²) in [5.74, 6) is -1.36. The Kier molecular flexibility index (Phi) is 5.61. The smallest absolute Gasteiger partial charge is 0.227 e. The molecule has 2 N–H and O–H groups in total. The van der Waals surface area contributed by atoms with E-state index in [9.17, 15) is 18.4 Å². The summed E-state index contributed by atoms with van der Waals surface area (Å²) in [5.41, 5.74) is 0.994. The van der Waals surface area contributed by atoms with Crippen molar-refractivity contribution in [3.8, 4) is 0 Å². The lowest BCUT2D eigenvalue weighted by atomic mass is 9.81. The Morgan fingerprint density at radius 2 is 1.27 bits per heavy atom. The van der Waals surface area contributed by atoms with Crippen molar-refractivity contribution in [1.82, 2.24) is 0 Å². The first-order chi connectivity index (χ1) is 12.5. The highest BCUT2D eigenvalue weighted by Crippen LogP contribution is 2.30. The SMILES string of the molecule is O=C(Nc1ccc(F)cc1)C1CCC(C(=O)Nc2cccc(F)c2)CC1. The first-order valence-corrected chi connectivity index (χ1v) is 8.64. The lowest BCUT2D eigenvalue weighted by Gasteiger charge is -2.27. The first kappa shape index (κ1) is 18.0. The average Bonchev–Trinajstić information content (AvgIpc) is 2.64. The molecule has 0 aromatic heterocycles. The Morgan fingerprint density at radius 3 is 1.81 bits per heavy atom. The summed E-state index contributed by atoms with van der Waals surface area (Å²) < 4.78 is 26.1. The van der Waals surface area contributed by atoms with E-state index in [0.717, 1.165) is 0 Å². The van der Waals surface area contributed by atoms with Crippen molar-refractivity contribution in [3.63, 3.8) is 0 Å². The van der Waals surface area contributed by atoms with Gasteiger partial charge in [-0.3, -0.25) is 9.59 Å². The van der Waals surface area contributed by atoms with Crippen LogP contribution in [0.5, 0.6) is 0 Å². The van der Waals surface area contributed by atoms with E-state index in [1.165, 1.54) is 36.4 Å². The van der Waals surface area contributed by atoms with E-state index in [4.69, 9.17) is 0 Å². The van der Waals surface area contributed by atoms with Gasteiger partial charge in [-0.25, -0.2) is 8.78 Å². The van der Waals surface area contributed by atoms with Crippen LogP contribution >= 0.6 is 0 Å². The van der Waals surface area contributed by atoms with Crippen LogP contribution in [0.4, 0.5) is 20.2 Å². The summed E-state index contributed by atoms with van der Waals surface area (Å²) in [6, 6.07) is 11.4. The minimum Gasteiger partial charge on any atom is -0.326 e. The van der Waals surface area contributed by atoms with Gasteiger partial charge in [0.25, 0.3) is 0 Å². The number of anilines is 2. The van der Waals surface area contributed by atoms with Crippen LogP contribution in [0.2, 0.25) is 0 Å². The zero-order valence-electron chi connectivity index (χ0n) is 14.2. The molecule has 1 fully saturated rings. The molecule has 4 nitrogen and oxygen atoms in total. The molecule has 0 unspecified atom stereocenters. The van der Waals surface area contributed by atoms with Gasteiger partial charge in [0.2, 0.25) is 11.8 Å². The molecular weight excluding hydrogens is 338 g/mol. The van der Waals surface area contributed by atoms with Crippen molar-refractivity contribution in [2.24, 2.45) is 11.8 Å². The standard InChI is InChI=1S/C20H20F2N2O2/c21-15-8-10-17(11-9-15)23-19(25)13-4-6-14(7-5-13)20(26)24-18-3-1-2-16(22)12-18/h1-3,8-14H,4-7H2,(H,23,25)(H,24,26). The van der Waals surface area contributed by atoms with Gasteiger partial charge in [-0.15, -0.1) is 0 Å². The third-order valence-electron chi connectivity index (χ3n) is 4.67. The van der Waals surface area contributed by atoms with Crippen LogP contribution in [-0.2, 0) is 9.59 Å². The summed E-state index contributed by atoms with van der Waals surface area (Å²) in [6.45, 7) is 0. The van der Waals surface area contributed by atoms with Gasteiger partial charge in [0.1, 0.15) is 11.6 Å². The predicted molar refractivity (Wildman–Crippen MR) is 95.5 cm³/mol. The second kappa shape index (κ2) is 8.08. The predicted octanol–water partition coefficient (Wildman–Crippen LogP) is 4.35. The molecule has 2 amide bonds. The van der Waals surface area contributed by atoms with Crippen LogP contribution in [0.15, 0.2) is 48.5 Å². The Hall–Kier alpha value is -2.76. The number of halogens is 2. The average molecular weight is 358 g/mol. The minimum absolute atomic E-state index is 0.111. The fourth-order valence-electron chi connectivity index (χ4n) is 3.21. The number of carbonyl (C=O) groups is 2. The van der Waals surface area contributed by atoms with Gasteiger partial charge in [0, 0.05) is 23.2 Å². The van der Waals surface area contributed by atoms with Crippen LogP contribution in [-0.4, -0.2) is 11.8 Å². The molecule has 6 heteroatoms. The fourth-order valence-corrected chi connectivity index (χ4v) is 3.21. The Bertz CT molecular complexity index is 785. The molecular formula is C20H20F2N2O2. The van der Waals surface area contributed by atoms with Crippen LogP contribution in [0.1, 0.15) is 25.7 Å². The van der Waals surface area contributed by atoms with Gasteiger partial charge in [-0.1, -0.05) is 6.07 Å². The molecule has 0 radical (unpaired) electrons. The van der Waals surface area contributed by atoms with Gasteiger partial charge >= 0.3 is 0 Å². The molecule has 136 valence electrons. The van der Waals surface area contributed by atoms with E-state index in [1.807, 2.05) is 0 Å². The number of hydrogen-bond acceptors (Lipinski definition) is 2. The highest BCUT2D eigenvalue weighted by Gasteiger charge is 2.30. The molecule has 2 aromatic rings. The Balaban J connectivity index is 1.49. The van der Waals surface area contributed by atoms with E-state index in [1.54, 1.807) is 12.1 Å². The number of nitrogens with one attached hydrogen (secondary N) is 2. The first-order valence-electron chi connectivity index (χ1n) is 8.64. The molecule has 3 rings (SSSR count). The normalized spacial score (nSPS) is 19.6. The molecule has 2 aromatic carbocycles. The number of hydrogen-bond donors (Lipinski definition) is 2. The summed E-state index contributed by atoms with van der Waals surface area (Å²) in [7, 11) is 0. The van der Waals surface area contributed by atoms with Gasteiger partial charge in [-0.2, -0.15) is 0 Å². The van der Waals surface area contributed by atoms with Crippen LogP contribution in [0.25, 0.3) is 0 Å². The summed E-state index contributed by atoms with van der Waals surface area (Å²) in [4.78, 5) is 24.6. The molecule has 1 aliphatic rings. The van der Waals surface area contributed by atoms with E-state index in [-0.39, 0.29) is 29.5 Å². The minimum atomic E-state index is -0.399. The maximum atomic E-state index is 13.2. The van der Waals surface area contributed by atoms with Crippen molar-refractivity contribution in [3.05, 3.63) is 60.2 Å². The van der Waals surface area contributed by atoms with Crippen LogP contribution < -0.4 is 10.6 Å². The number of amides is 2. The number of carbonyl (C=O) groups excluding carboxylic acids is 2. The van der Waals surface area contributed by atoms with E-state index >= 15 is 0 Å². The lowest BCUT2D eigenvalue weighted by molar-refractivity contribution is -0.125. The summed E-state index contributed by atoms with van der Waals surface area (Å²) in [5, 5.41) is 5.51. The molecule has 0 spiro atoms. The molecule has 0 heterocycles. The molecule has 0 atom stereocenters. The van der Waals surface area contributed by atoms with Crippen molar-refractivity contribution in [2.75, 3.05) is 10.6 Å². The van der Waals surface area contributed by atoms with Gasteiger partial charge < -0.3 is 10.6 Å². The second-order valence-electron chi connectivity index (χ2n) is 6.54. The topological polar surface area (TPSA) is 58.2 Å². The quantitative estimate of drug-likeness (QED) is 0.854. The molecule has 0 bridgehead atoms. The fraction of sp³-hybridized carbons (Fsp3) is 0.300. The second-order valence-corrected chi connectivity index (χ2v) is 6.54. The van der Waals surface area contributed by atoms with E-state index in [0.29, 0.717) is 37.1 Å². The highest BCUT2D eigenvalue weighted by atomic mass is 19.1. The monoisotopic (exact) mass is 358 g/mol. The third-order valence-corrected chi connectivity index (χ3v) is 4.67. The van der Waals surface area contributed by atoms with E-state index in [2.05, 4.69) is 10.6 Å². The number of rotatable bonds is 4. The van der Waals surface area contributed by atoms with Crippen molar-refractivity contribution < 1.29 is 18.4 Å². The van der Waals surface area contributed by atoms with Crippen molar-refractivity contribution in [2.45, 2.75) is 25.7 Å². The Morgan fingerprint density at radius 1 is 0.731 bits per heavy atom. The zero-order chi connectivity index (χ0) is 18.5. The van der Waals surface area contributed by atoms with Crippen LogP contribution in [0.3, 0.4) is 0 Å². The largest absolute Gasteiger partial charge is 0.326 e. The Labute approximate surface area is 150 Å². The zero-order valence-corrected chi connectivity index (χ0v) is 14.2. The summed E-state index contributed by atoms with van der Waals surface area (Å²) in [6.07, 6.45) is 2.41. The highest BCUT2D eigenvalue weighted by molar-refractivity contribution is 5.94. The van der Waals surface area contributed by atoms with E-state index < -0.39 is 5.82 Å². The number of benzene rings is 2. The maximum Gasteiger partial charge on any atom is 0.227 e. The molecule has 1 saturated carbocycles. The van der Waals surface area contributed by atoms with Crippen LogP contribution in [0, 0.1) is 23.5 Å². The van der Waals surface area contributed by atoms with Gasteiger partial charge in [0.15, 0.2) is 0 Å². The van der Waals surface area contributed by atoms with Crippen molar-refractivity contribution in [1.29, 1.82) is 0 Å². The van der Waals surface area contributed by atoms with Gasteiger partial charge in [-0.05, 0) is 68.1 Å². The molecule has 1 aliphatic carbocycles. The molecule has 26 heavy (non-hydrogen) atoms. The maximum absolute atomic E-state index is 13.2. The lowest BCUT2D eigenvalue weighted by Crippen LogP contribution is -2.32. The van der Waals surface area contributed by atoms with Gasteiger partial charge in [0.05, 0.1) is 0 Å². The molecule has 0 saturated heterocycles.